The molecule has 5 rings (SSSR count). The van der Waals surface area contributed by atoms with E-state index in [1.54, 1.807) is 12.4 Å². The van der Waals surface area contributed by atoms with Gasteiger partial charge in [-0.2, -0.15) is 0 Å². The van der Waals surface area contributed by atoms with E-state index in [0.29, 0.717) is 18.9 Å². The number of aromatic nitrogens is 3. The number of benzene rings is 1. The van der Waals surface area contributed by atoms with Crippen LogP contribution in [0.1, 0.15) is 43.8 Å². The highest BCUT2D eigenvalue weighted by Crippen LogP contribution is 2.30. The van der Waals surface area contributed by atoms with Gasteiger partial charge in [-0.05, 0) is 55.9 Å². The first-order valence-corrected chi connectivity index (χ1v) is 11.8. The standard InChI is InChI=1S/C27H29N5O/c33-26(17-20-7-4-5-8-20)32-16-6-9-22(19-32)27-30-24(21-12-14-28-15-13-21)18-25(31-27)29-23-10-2-1-3-11-23/h1-4,7,10-15,18,20,22H,5-6,8-9,16-17,19H2,(H,29,30,31). The van der Waals surface area contributed by atoms with Crippen molar-refractivity contribution >= 4 is 17.4 Å². The molecule has 1 aliphatic heterocycles. The number of para-hydroxylation sites is 1. The van der Waals surface area contributed by atoms with Crippen molar-refractivity contribution in [1.82, 2.24) is 19.9 Å². The van der Waals surface area contributed by atoms with E-state index in [1.165, 1.54) is 0 Å². The molecule has 6 nitrogen and oxygen atoms in total. The maximum atomic E-state index is 13.0. The van der Waals surface area contributed by atoms with Gasteiger partial charge in [0.05, 0.1) is 5.69 Å². The van der Waals surface area contributed by atoms with Gasteiger partial charge in [0.1, 0.15) is 11.6 Å². The van der Waals surface area contributed by atoms with Crippen LogP contribution in [0.4, 0.5) is 11.5 Å². The maximum Gasteiger partial charge on any atom is 0.223 e. The van der Waals surface area contributed by atoms with Crippen LogP contribution < -0.4 is 5.32 Å². The van der Waals surface area contributed by atoms with E-state index in [0.717, 1.165) is 60.8 Å². The molecular formula is C27H29N5O. The molecule has 3 heterocycles. The summed E-state index contributed by atoms with van der Waals surface area (Å²) in [7, 11) is 0. The normalized spacial score (nSPS) is 20.1. The van der Waals surface area contributed by atoms with Crippen LogP contribution in [0.3, 0.4) is 0 Å². The molecular weight excluding hydrogens is 410 g/mol. The van der Waals surface area contributed by atoms with Gasteiger partial charge >= 0.3 is 0 Å². The number of carbonyl (C=O) groups is 1. The molecule has 3 aromatic rings. The van der Waals surface area contributed by atoms with Crippen molar-refractivity contribution in [3.8, 4) is 11.3 Å². The second kappa shape index (κ2) is 9.94. The molecule has 2 aliphatic rings. The number of nitrogens with one attached hydrogen (secondary N) is 1. The third-order valence-corrected chi connectivity index (χ3v) is 6.45. The van der Waals surface area contributed by atoms with Gasteiger partial charge in [-0.3, -0.25) is 9.78 Å². The van der Waals surface area contributed by atoms with Gasteiger partial charge in [0, 0.05) is 55.1 Å². The molecule has 6 heteroatoms. The molecule has 1 aromatic carbocycles. The number of piperidine rings is 1. The Balaban J connectivity index is 1.40. The number of allylic oxidation sites excluding steroid dienone is 2. The molecule has 0 saturated carbocycles. The lowest BCUT2D eigenvalue weighted by Gasteiger charge is -2.33. The fourth-order valence-electron chi connectivity index (χ4n) is 4.69. The summed E-state index contributed by atoms with van der Waals surface area (Å²) in [5, 5.41) is 3.42. The fourth-order valence-corrected chi connectivity index (χ4v) is 4.69. The third-order valence-electron chi connectivity index (χ3n) is 6.45. The number of carbonyl (C=O) groups excluding carboxylic acids is 1. The Kier molecular flexibility index (Phi) is 6.42. The Morgan fingerprint density at radius 1 is 1.06 bits per heavy atom. The lowest BCUT2D eigenvalue weighted by molar-refractivity contribution is -0.133. The molecule has 2 unspecified atom stereocenters. The largest absolute Gasteiger partial charge is 0.342 e. The molecule has 1 fully saturated rings. The molecule has 2 aromatic heterocycles. The van der Waals surface area contributed by atoms with Crippen molar-refractivity contribution in [2.75, 3.05) is 18.4 Å². The number of hydrogen-bond acceptors (Lipinski definition) is 5. The zero-order valence-corrected chi connectivity index (χ0v) is 18.7. The predicted molar refractivity (Wildman–Crippen MR) is 130 cm³/mol. The topological polar surface area (TPSA) is 71.0 Å². The molecule has 2 atom stereocenters. The van der Waals surface area contributed by atoms with E-state index < -0.39 is 0 Å². The Morgan fingerprint density at radius 3 is 2.70 bits per heavy atom. The number of nitrogens with zero attached hydrogens (tertiary/aromatic N) is 4. The van der Waals surface area contributed by atoms with Gasteiger partial charge in [0.15, 0.2) is 0 Å². The predicted octanol–water partition coefficient (Wildman–Crippen LogP) is 5.34. The summed E-state index contributed by atoms with van der Waals surface area (Å²) in [6, 6.07) is 15.9. The Bertz CT molecular complexity index is 1120. The molecule has 1 amide bonds. The Labute approximate surface area is 194 Å². The quantitative estimate of drug-likeness (QED) is 0.525. The smallest absolute Gasteiger partial charge is 0.223 e. The summed E-state index contributed by atoms with van der Waals surface area (Å²) >= 11 is 0. The lowest BCUT2D eigenvalue weighted by atomic mass is 9.95. The van der Waals surface area contributed by atoms with Crippen LogP contribution in [0.2, 0.25) is 0 Å². The zero-order chi connectivity index (χ0) is 22.5. The number of likely N-dealkylation sites (tertiary alicyclic amines) is 1. The number of anilines is 2. The number of rotatable bonds is 6. The Hall–Kier alpha value is -3.54. The first-order valence-electron chi connectivity index (χ1n) is 11.8. The molecule has 1 N–H and O–H groups in total. The first-order chi connectivity index (χ1) is 16.2. The van der Waals surface area contributed by atoms with Gasteiger partial charge in [0.25, 0.3) is 0 Å². The minimum atomic E-state index is 0.125. The van der Waals surface area contributed by atoms with Gasteiger partial charge in [-0.1, -0.05) is 30.4 Å². The molecule has 0 radical (unpaired) electrons. The van der Waals surface area contributed by atoms with Crippen LogP contribution in [-0.4, -0.2) is 38.8 Å². The average molecular weight is 440 g/mol. The number of pyridine rings is 1. The van der Waals surface area contributed by atoms with E-state index in [1.807, 2.05) is 53.4 Å². The van der Waals surface area contributed by atoms with Crippen molar-refractivity contribution in [3.05, 3.63) is 78.9 Å². The number of hydrogen-bond donors (Lipinski definition) is 1. The van der Waals surface area contributed by atoms with Crippen LogP contribution in [0.15, 0.2) is 73.1 Å². The van der Waals surface area contributed by atoms with Crippen LogP contribution in [-0.2, 0) is 4.79 Å². The van der Waals surface area contributed by atoms with Crippen molar-refractivity contribution in [1.29, 1.82) is 0 Å². The monoisotopic (exact) mass is 439 g/mol. The minimum Gasteiger partial charge on any atom is -0.342 e. The van der Waals surface area contributed by atoms with Crippen LogP contribution in [0.25, 0.3) is 11.3 Å². The molecule has 0 bridgehead atoms. The zero-order valence-electron chi connectivity index (χ0n) is 18.7. The van der Waals surface area contributed by atoms with E-state index in [4.69, 9.17) is 9.97 Å². The summed E-state index contributed by atoms with van der Waals surface area (Å²) < 4.78 is 0. The van der Waals surface area contributed by atoms with E-state index >= 15 is 0 Å². The van der Waals surface area contributed by atoms with Gasteiger partial charge in [0.2, 0.25) is 5.91 Å². The Morgan fingerprint density at radius 2 is 1.91 bits per heavy atom. The third kappa shape index (κ3) is 5.28. The van der Waals surface area contributed by atoms with Crippen molar-refractivity contribution in [3.63, 3.8) is 0 Å². The van der Waals surface area contributed by atoms with Crippen LogP contribution >= 0.6 is 0 Å². The highest BCUT2D eigenvalue weighted by Gasteiger charge is 2.28. The summed E-state index contributed by atoms with van der Waals surface area (Å²) in [6.07, 6.45) is 12.7. The summed E-state index contributed by atoms with van der Waals surface area (Å²) in [5.41, 5.74) is 2.84. The van der Waals surface area contributed by atoms with Crippen LogP contribution in [0.5, 0.6) is 0 Å². The summed E-state index contributed by atoms with van der Waals surface area (Å²) in [4.78, 5) is 28.9. The van der Waals surface area contributed by atoms with E-state index in [2.05, 4.69) is 22.5 Å². The SMILES string of the molecule is O=C(CC1C=CCC1)N1CCCC(c2nc(Nc3ccccc3)cc(-c3ccncc3)n2)C1. The van der Waals surface area contributed by atoms with Gasteiger partial charge < -0.3 is 10.2 Å². The lowest BCUT2D eigenvalue weighted by Crippen LogP contribution is -2.40. The van der Waals surface area contributed by atoms with Gasteiger partial charge in [-0.15, -0.1) is 0 Å². The molecule has 0 spiro atoms. The van der Waals surface area contributed by atoms with Crippen molar-refractivity contribution < 1.29 is 4.79 Å². The van der Waals surface area contributed by atoms with E-state index in [9.17, 15) is 4.79 Å². The highest BCUT2D eigenvalue weighted by molar-refractivity contribution is 5.77. The average Bonchev–Trinajstić information content (AvgIpc) is 3.38. The number of amides is 1. The minimum absolute atomic E-state index is 0.125. The summed E-state index contributed by atoms with van der Waals surface area (Å²) in [6.45, 7) is 1.50. The summed E-state index contributed by atoms with van der Waals surface area (Å²) in [5.74, 6) is 2.33. The second-order valence-electron chi connectivity index (χ2n) is 8.87. The second-order valence-corrected chi connectivity index (χ2v) is 8.87. The van der Waals surface area contributed by atoms with Crippen LogP contribution in [0, 0.1) is 5.92 Å². The fraction of sp³-hybridized carbons (Fsp3) is 0.333. The van der Waals surface area contributed by atoms with Crippen molar-refractivity contribution in [2.24, 2.45) is 5.92 Å². The highest BCUT2D eigenvalue weighted by atomic mass is 16.2. The first kappa shape index (κ1) is 21.3. The molecule has 168 valence electrons. The molecule has 1 saturated heterocycles. The molecule has 1 aliphatic carbocycles. The molecule has 33 heavy (non-hydrogen) atoms. The van der Waals surface area contributed by atoms with Gasteiger partial charge in [-0.25, -0.2) is 9.97 Å². The van der Waals surface area contributed by atoms with Crippen molar-refractivity contribution in [2.45, 2.75) is 38.0 Å². The maximum absolute atomic E-state index is 13.0. The van der Waals surface area contributed by atoms with E-state index in [-0.39, 0.29) is 11.8 Å².